The Hall–Kier alpha value is -2.83. The fourth-order valence-corrected chi connectivity index (χ4v) is 4.72. The molecule has 5 rings (SSSR count). The van der Waals surface area contributed by atoms with Crippen LogP contribution in [0, 0.1) is 6.92 Å². The first-order valence-corrected chi connectivity index (χ1v) is 11.2. The number of aromatic nitrogens is 5. The lowest BCUT2D eigenvalue weighted by molar-refractivity contribution is 0.680. The summed E-state index contributed by atoms with van der Waals surface area (Å²) in [7, 11) is 0. The summed E-state index contributed by atoms with van der Waals surface area (Å²) in [6.07, 6.45) is 2.11. The molecule has 150 valence electrons. The number of halogens is 1. The molecule has 3 heterocycles. The van der Waals surface area contributed by atoms with E-state index in [0.29, 0.717) is 10.8 Å². The Bertz CT molecular complexity index is 1360. The van der Waals surface area contributed by atoms with Crippen molar-refractivity contribution in [3.8, 4) is 11.3 Å². The van der Waals surface area contributed by atoms with Crippen molar-refractivity contribution in [2.75, 3.05) is 0 Å². The molecule has 30 heavy (non-hydrogen) atoms. The smallest absolute Gasteiger partial charge is 0.168 e. The lowest BCUT2D eigenvalue weighted by Crippen LogP contribution is -2.03. The van der Waals surface area contributed by atoms with Crippen molar-refractivity contribution in [1.82, 2.24) is 24.1 Å². The van der Waals surface area contributed by atoms with Crippen LogP contribution in [-0.4, -0.2) is 24.1 Å². The Morgan fingerprint density at radius 1 is 1.03 bits per heavy atom. The molecule has 0 spiro atoms. The second-order valence-electron chi connectivity index (χ2n) is 7.12. The summed E-state index contributed by atoms with van der Waals surface area (Å²) in [4.78, 5) is 9.75. The van der Waals surface area contributed by atoms with Crippen LogP contribution in [0.2, 0.25) is 5.02 Å². The monoisotopic (exact) mass is 433 g/mol. The molecule has 7 heteroatoms. The van der Waals surface area contributed by atoms with Crippen LogP contribution < -0.4 is 0 Å². The van der Waals surface area contributed by atoms with E-state index in [1.54, 1.807) is 11.8 Å². The van der Waals surface area contributed by atoms with Gasteiger partial charge in [-0.2, -0.15) is 5.10 Å². The van der Waals surface area contributed by atoms with Gasteiger partial charge in [-0.05, 0) is 38.1 Å². The standard InChI is InChI=1S/C23H20ClN5S/c1-3-28-13-20(16-7-5-4-6-8-16)26-23(28)30-14-22-25-19-12-17(24)9-10-18(19)21-11-15(2)27-29(21)22/h4-13H,3,14H2,1-2H3. The average molecular weight is 434 g/mol. The molecule has 0 N–H and O–H groups in total. The second-order valence-corrected chi connectivity index (χ2v) is 8.50. The molecule has 5 nitrogen and oxygen atoms in total. The Morgan fingerprint density at radius 3 is 2.67 bits per heavy atom. The maximum Gasteiger partial charge on any atom is 0.168 e. The zero-order valence-electron chi connectivity index (χ0n) is 16.7. The highest BCUT2D eigenvalue weighted by Crippen LogP contribution is 2.29. The molecule has 0 fully saturated rings. The highest BCUT2D eigenvalue weighted by atomic mass is 35.5. The summed E-state index contributed by atoms with van der Waals surface area (Å²) in [6, 6.07) is 18.2. The van der Waals surface area contributed by atoms with E-state index < -0.39 is 0 Å². The summed E-state index contributed by atoms with van der Waals surface area (Å²) in [5.41, 5.74) is 5.00. The average Bonchev–Trinajstić information content (AvgIpc) is 3.35. The van der Waals surface area contributed by atoms with Crippen molar-refractivity contribution >= 4 is 39.8 Å². The molecule has 0 aliphatic carbocycles. The van der Waals surface area contributed by atoms with E-state index in [1.807, 2.05) is 47.8 Å². The maximum absolute atomic E-state index is 6.22. The van der Waals surface area contributed by atoms with Crippen LogP contribution >= 0.6 is 23.4 Å². The molecule has 0 saturated carbocycles. The molecule has 0 unspecified atom stereocenters. The van der Waals surface area contributed by atoms with Crippen LogP contribution in [0.25, 0.3) is 27.7 Å². The largest absolute Gasteiger partial charge is 0.326 e. The van der Waals surface area contributed by atoms with E-state index in [2.05, 4.69) is 41.0 Å². The summed E-state index contributed by atoms with van der Waals surface area (Å²) in [6.45, 7) is 4.99. The van der Waals surface area contributed by atoms with Crippen LogP contribution in [0.15, 0.2) is 66.0 Å². The van der Waals surface area contributed by atoms with E-state index in [4.69, 9.17) is 21.6 Å². The minimum atomic E-state index is 0.658. The molecule has 0 radical (unpaired) electrons. The molecule has 0 atom stereocenters. The van der Waals surface area contributed by atoms with Gasteiger partial charge in [0.15, 0.2) is 5.16 Å². The van der Waals surface area contributed by atoms with E-state index in [1.165, 1.54) is 0 Å². The predicted molar refractivity (Wildman–Crippen MR) is 123 cm³/mol. The molecule has 0 amide bonds. The number of benzene rings is 2. The third kappa shape index (κ3) is 3.46. The summed E-state index contributed by atoms with van der Waals surface area (Å²) in [5, 5.41) is 7.38. The normalized spacial score (nSPS) is 11.6. The molecule has 2 aromatic carbocycles. The van der Waals surface area contributed by atoms with Crippen molar-refractivity contribution in [1.29, 1.82) is 0 Å². The second kappa shape index (κ2) is 7.78. The van der Waals surface area contributed by atoms with Gasteiger partial charge >= 0.3 is 0 Å². The summed E-state index contributed by atoms with van der Waals surface area (Å²) < 4.78 is 4.12. The van der Waals surface area contributed by atoms with Gasteiger partial charge in [0.2, 0.25) is 0 Å². The lowest BCUT2D eigenvalue weighted by Gasteiger charge is -2.08. The fourth-order valence-electron chi connectivity index (χ4n) is 3.60. The Labute approximate surface area is 183 Å². The van der Waals surface area contributed by atoms with Crippen LogP contribution in [0.5, 0.6) is 0 Å². The minimum absolute atomic E-state index is 0.658. The first-order valence-electron chi connectivity index (χ1n) is 9.82. The zero-order valence-corrected chi connectivity index (χ0v) is 18.3. The number of hydrogen-bond acceptors (Lipinski definition) is 4. The van der Waals surface area contributed by atoms with Crippen LogP contribution in [-0.2, 0) is 12.3 Å². The zero-order chi connectivity index (χ0) is 20.7. The van der Waals surface area contributed by atoms with Crippen LogP contribution in [0.4, 0.5) is 0 Å². The highest BCUT2D eigenvalue weighted by Gasteiger charge is 2.14. The number of rotatable bonds is 5. The van der Waals surface area contributed by atoms with Crippen LogP contribution in [0.3, 0.4) is 0 Å². The molecule has 0 aliphatic heterocycles. The first kappa shape index (κ1) is 19.2. The van der Waals surface area contributed by atoms with Crippen molar-refractivity contribution in [3.63, 3.8) is 0 Å². The number of nitrogens with zero attached hydrogens (tertiary/aromatic N) is 5. The maximum atomic E-state index is 6.22. The van der Waals surface area contributed by atoms with E-state index in [-0.39, 0.29) is 0 Å². The van der Waals surface area contributed by atoms with Gasteiger partial charge in [0, 0.05) is 28.7 Å². The molecular formula is C23H20ClN5S. The third-order valence-electron chi connectivity index (χ3n) is 5.04. The van der Waals surface area contributed by atoms with Crippen molar-refractivity contribution in [2.24, 2.45) is 0 Å². The van der Waals surface area contributed by atoms with Crippen molar-refractivity contribution in [3.05, 3.63) is 77.3 Å². The van der Waals surface area contributed by atoms with Crippen molar-refractivity contribution in [2.45, 2.75) is 31.3 Å². The van der Waals surface area contributed by atoms with Gasteiger partial charge in [0.05, 0.1) is 28.2 Å². The molecule has 5 aromatic rings. The van der Waals surface area contributed by atoms with Gasteiger partial charge in [0.25, 0.3) is 0 Å². The van der Waals surface area contributed by atoms with Gasteiger partial charge in [-0.3, -0.25) is 0 Å². The number of hydrogen-bond donors (Lipinski definition) is 0. The number of fused-ring (bicyclic) bond motifs is 3. The number of aryl methyl sites for hydroxylation is 2. The molecule has 3 aromatic heterocycles. The van der Waals surface area contributed by atoms with Gasteiger partial charge < -0.3 is 4.57 Å². The Morgan fingerprint density at radius 2 is 1.87 bits per heavy atom. The number of thioether (sulfide) groups is 1. The van der Waals surface area contributed by atoms with E-state index >= 15 is 0 Å². The third-order valence-corrected chi connectivity index (χ3v) is 6.26. The highest BCUT2D eigenvalue weighted by molar-refractivity contribution is 7.98. The minimum Gasteiger partial charge on any atom is -0.326 e. The Balaban J connectivity index is 1.52. The van der Waals surface area contributed by atoms with Gasteiger partial charge in [-0.15, -0.1) is 0 Å². The topological polar surface area (TPSA) is 48.0 Å². The van der Waals surface area contributed by atoms with Gasteiger partial charge in [-0.1, -0.05) is 53.7 Å². The summed E-state index contributed by atoms with van der Waals surface area (Å²) in [5.74, 6) is 1.54. The SMILES string of the molecule is CCn1cc(-c2ccccc2)nc1SCc1nc2cc(Cl)ccc2c2cc(C)nn12. The molecule has 0 bridgehead atoms. The molecular weight excluding hydrogens is 414 g/mol. The van der Waals surface area contributed by atoms with Gasteiger partial charge in [0.1, 0.15) is 5.82 Å². The first-order chi connectivity index (χ1) is 14.6. The lowest BCUT2D eigenvalue weighted by atomic mass is 10.2. The predicted octanol–water partition coefficient (Wildman–Crippen LogP) is 6.02. The Kier molecular flexibility index (Phi) is 4.97. The molecule has 0 aliphatic rings. The van der Waals surface area contributed by atoms with E-state index in [0.717, 1.165) is 50.9 Å². The van der Waals surface area contributed by atoms with Crippen molar-refractivity contribution < 1.29 is 0 Å². The van der Waals surface area contributed by atoms with Crippen LogP contribution in [0.1, 0.15) is 18.4 Å². The summed E-state index contributed by atoms with van der Waals surface area (Å²) >= 11 is 7.89. The van der Waals surface area contributed by atoms with E-state index in [9.17, 15) is 0 Å². The number of imidazole rings is 1. The van der Waals surface area contributed by atoms with Gasteiger partial charge in [-0.25, -0.2) is 14.5 Å². The quantitative estimate of drug-likeness (QED) is 0.318. The fraction of sp³-hybridized carbons (Fsp3) is 0.174. The molecule has 0 saturated heterocycles.